The van der Waals surface area contributed by atoms with Crippen LogP contribution in [0.1, 0.15) is 38.0 Å². The van der Waals surface area contributed by atoms with Gasteiger partial charge in [-0.1, -0.05) is 13.8 Å². The third kappa shape index (κ3) is 3.94. The molecule has 0 aromatic carbocycles. The summed E-state index contributed by atoms with van der Waals surface area (Å²) in [5, 5.41) is 25.9. The van der Waals surface area contributed by atoms with Crippen molar-refractivity contribution in [2.45, 2.75) is 45.8 Å². The fourth-order valence-corrected chi connectivity index (χ4v) is 2.89. The Morgan fingerprint density at radius 3 is 3.00 bits per heavy atom. The molecule has 2 N–H and O–H groups in total. The minimum absolute atomic E-state index is 0.0874. The number of carbonyl (C=O) groups excluding carboxylic acids is 1. The van der Waals surface area contributed by atoms with Gasteiger partial charge in [-0.15, -0.1) is 15.3 Å². The monoisotopic (exact) mass is 333 g/mol. The number of rotatable bonds is 6. The number of nitrogens with one attached hydrogen (secondary N) is 2. The van der Waals surface area contributed by atoms with Crippen molar-refractivity contribution in [2.75, 3.05) is 13.1 Å². The van der Waals surface area contributed by atoms with Crippen molar-refractivity contribution < 1.29 is 4.79 Å². The van der Waals surface area contributed by atoms with Gasteiger partial charge < -0.3 is 15.2 Å². The molecular weight excluding hydrogens is 310 g/mol. The Morgan fingerprint density at radius 2 is 2.25 bits per heavy atom. The van der Waals surface area contributed by atoms with Crippen molar-refractivity contribution in [3.63, 3.8) is 0 Å². The first-order valence-electron chi connectivity index (χ1n) is 8.26. The molecule has 1 aliphatic heterocycles. The van der Waals surface area contributed by atoms with Gasteiger partial charge in [-0.25, -0.2) is 4.68 Å². The van der Waals surface area contributed by atoms with Gasteiger partial charge in [-0.3, -0.25) is 4.79 Å². The molecule has 130 valence electrons. The molecule has 10 nitrogen and oxygen atoms in total. The van der Waals surface area contributed by atoms with Crippen LogP contribution >= 0.6 is 0 Å². The Hall–Kier alpha value is -2.36. The van der Waals surface area contributed by atoms with Crippen LogP contribution in [0.3, 0.4) is 0 Å². The lowest BCUT2D eigenvalue weighted by molar-refractivity contribution is -0.122. The largest absolute Gasteiger partial charge is 0.344 e. The summed E-state index contributed by atoms with van der Waals surface area (Å²) in [5.41, 5.74) is 0. The van der Waals surface area contributed by atoms with Crippen LogP contribution in [0.4, 0.5) is 0 Å². The van der Waals surface area contributed by atoms with E-state index in [1.54, 1.807) is 0 Å². The maximum Gasteiger partial charge on any atom is 0.242 e. The predicted octanol–water partition coefficient (Wildman–Crippen LogP) is -0.686. The van der Waals surface area contributed by atoms with Crippen LogP contribution in [0.25, 0.3) is 0 Å². The van der Waals surface area contributed by atoms with Gasteiger partial charge in [0, 0.05) is 26.1 Å². The third-order valence-corrected chi connectivity index (χ3v) is 3.94. The van der Waals surface area contributed by atoms with Crippen LogP contribution in [-0.2, 0) is 24.3 Å². The second-order valence-corrected chi connectivity index (χ2v) is 6.38. The van der Waals surface area contributed by atoms with Gasteiger partial charge in [0.1, 0.15) is 18.7 Å². The lowest BCUT2D eigenvalue weighted by Gasteiger charge is -2.21. The fraction of sp³-hybridized carbons (Fsp3) is 0.714. The van der Waals surface area contributed by atoms with E-state index in [2.05, 4.69) is 54.8 Å². The molecule has 1 aliphatic rings. The van der Waals surface area contributed by atoms with Crippen LogP contribution in [0.5, 0.6) is 0 Å². The second kappa shape index (κ2) is 7.47. The van der Waals surface area contributed by atoms with E-state index in [0.29, 0.717) is 5.92 Å². The van der Waals surface area contributed by atoms with Gasteiger partial charge in [-0.05, 0) is 22.8 Å². The highest BCUT2D eigenvalue weighted by molar-refractivity contribution is 5.76. The second-order valence-electron chi connectivity index (χ2n) is 6.38. The van der Waals surface area contributed by atoms with Gasteiger partial charge >= 0.3 is 0 Å². The van der Waals surface area contributed by atoms with E-state index in [-0.39, 0.29) is 18.5 Å². The van der Waals surface area contributed by atoms with Crippen LogP contribution in [0, 0.1) is 5.92 Å². The molecule has 2 aromatic heterocycles. The molecule has 0 spiro atoms. The Morgan fingerprint density at radius 1 is 1.38 bits per heavy atom. The number of carbonyl (C=O) groups is 1. The summed E-state index contributed by atoms with van der Waals surface area (Å²) in [6.07, 6.45) is 3.07. The van der Waals surface area contributed by atoms with Crippen LogP contribution in [0.15, 0.2) is 6.33 Å². The zero-order chi connectivity index (χ0) is 16.9. The van der Waals surface area contributed by atoms with E-state index in [1.165, 1.54) is 11.0 Å². The summed E-state index contributed by atoms with van der Waals surface area (Å²) in [6.45, 7) is 6.94. The van der Waals surface area contributed by atoms with Gasteiger partial charge in [0.15, 0.2) is 5.82 Å². The smallest absolute Gasteiger partial charge is 0.242 e. The Balaban J connectivity index is 1.76. The standard InChI is InChI=1S/C14H23N9O/c1-10(2)7-11(17-13(24)8-22-9-16-20-21-22)14-19-18-12-3-4-15-5-6-23(12)14/h9-11,15H,3-8H2,1-2H3,(H,17,24). The molecule has 24 heavy (non-hydrogen) atoms. The summed E-state index contributed by atoms with van der Waals surface area (Å²) in [5.74, 6) is 2.07. The molecular formula is C14H23N9O. The van der Waals surface area contributed by atoms with Gasteiger partial charge in [0.2, 0.25) is 5.91 Å². The molecule has 3 heterocycles. The molecule has 0 saturated heterocycles. The van der Waals surface area contributed by atoms with Crippen molar-refractivity contribution in [1.29, 1.82) is 0 Å². The highest BCUT2D eigenvalue weighted by Crippen LogP contribution is 2.21. The minimum atomic E-state index is -0.173. The first-order chi connectivity index (χ1) is 11.6. The van der Waals surface area contributed by atoms with E-state index >= 15 is 0 Å². The van der Waals surface area contributed by atoms with E-state index in [0.717, 1.165) is 44.1 Å². The normalized spacial score (nSPS) is 15.8. The number of nitrogens with zero attached hydrogens (tertiary/aromatic N) is 7. The minimum Gasteiger partial charge on any atom is -0.344 e. The van der Waals surface area contributed by atoms with Gasteiger partial charge in [0.25, 0.3) is 0 Å². The van der Waals surface area contributed by atoms with E-state index in [1.807, 2.05) is 0 Å². The maximum absolute atomic E-state index is 12.3. The number of hydrogen-bond donors (Lipinski definition) is 2. The number of hydrogen-bond acceptors (Lipinski definition) is 7. The molecule has 0 bridgehead atoms. The molecule has 0 aliphatic carbocycles. The summed E-state index contributed by atoms with van der Waals surface area (Å²) in [4.78, 5) is 12.3. The molecule has 0 fully saturated rings. The van der Waals surface area contributed by atoms with Crippen molar-refractivity contribution >= 4 is 5.91 Å². The first-order valence-corrected chi connectivity index (χ1v) is 8.26. The molecule has 2 aromatic rings. The molecule has 0 radical (unpaired) electrons. The number of fused-ring (bicyclic) bond motifs is 1. The topological polar surface area (TPSA) is 115 Å². The van der Waals surface area contributed by atoms with Crippen molar-refractivity contribution in [1.82, 2.24) is 45.6 Å². The highest BCUT2D eigenvalue weighted by atomic mass is 16.2. The van der Waals surface area contributed by atoms with Crippen molar-refractivity contribution in [3.05, 3.63) is 18.0 Å². The fourth-order valence-electron chi connectivity index (χ4n) is 2.89. The van der Waals surface area contributed by atoms with Gasteiger partial charge in [-0.2, -0.15) is 0 Å². The molecule has 1 amide bonds. The third-order valence-electron chi connectivity index (χ3n) is 3.94. The van der Waals surface area contributed by atoms with Crippen LogP contribution in [-0.4, -0.2) is 54.0 Å². The highest BCUT2D eigenvalue weighted by Gasteiger charge is 2.24. The zero-order valence-electron chi connectivity index (χ0n) is 14.0. The first kappa shape index (κ1) is 16.5. The summed E-state index contributed by atoms with van der Waals surface area (Å²) in [7, 11) is 0. The van der Waals surface area contributed by atoms with E-state index in [4.69, 9.17) is 0 Å². The molecule has 10 heteroatoms. The maximum atomic E-state index is 12.3. The Labute approximate surface area is 140 Å². The van der Waals surface area contributed by atoms with E-state index < -0.39 is 0 Å². The van der Waals surface area contributed by atoms with Crippen LogP contribution < -0.4 is 10.6 Å². The Kier molecular flexibility index (Phi) is 5.14. The molecule has 0 saturated carbocycles. The van der Waals surface area contributed by atoms with Gasteiger partial charge in [0.05, 0.1) is 6.04 Å². The van der Waals surface area contributed by atoms with Crippen molar-refractivity contribution in [2.24, 2.45) is 5.92 Å². The zero-order valence-corrected chi connectivity index (χ0v) is 14.0. The average Bonchev–Trinajstić information content (AvgIpc) is 3.11. The molecule has 3 rings (SSSR count). The van der Waals surface area contributed by atoms with Crippen molar-refractivity contribution in [3.8, 4) is 0 Å². The number of amides is 1. The molecule has 1 unspecified atom stereocenters. The average molecular weight is 333 g/mol. The quantitative estimate of drug-likeness (QED) is 0.719. The Bertz CT molecular complexity index is 664. The van der Waals surface area contributed by atoms with E-state index in [9.17, 15) is 4.79 Å². The predicted molar refractivity (Wildman–Crippen MR) is 84.8 cm³/mol. The SMILES string of the molecule is CC(C)CC(NC(=O)Cn1cnnn1)c1nnc2n1CCNCC2. The molecule has 1 atom stereocenters. The summed E-state index contributed by atoms with van der Waals surface area (Å²) >= 11 is 0. The summed E-state index contributed by atoms with van der Waals surface area (Å²) < 4.78 is 3.53. The number of tetrazole rings is 1. The lowest BCUT2D eigenvalue weighted by atomic mass is 10.0. The number of aromatic nitrogens is 7. The summed E-state index contributed by atoms with van der Waals surface area (Å²) in [6, 6.07) is -0.173. The van der Waals surface area contributed by atoms with Crippen LogP contribution in [0.2, 0.25) is 0 Å². The lowest BCUT2D eigenvalue weighted by Crippen LogP contribution is -2.34.